The number of hydrogen-bond donors (Lipinski definition) is 2. The average Bonchev–Trinajstić information content (AvgIpc) is 2.88. The fourth-order valence-electron chi connectivity index (χ4n) is 2.85. The molecule has 0 heterocycles. The SMILES string of the molecule is COc1ccc(C(=O)NCC(=O)N/N=C\c2ccc(OC(=O)c3cccc(Br)c3)c(OC)c2)cc1. The molecule has 0 fully saturated rings. The highest BCUT2D eigenvalue weighted by atomic mass is 79.9. The lowest BCUT2D eigenvalue weighted by Crippen LogP contribution is -2.34. The fourth-order valence-corrected chi connectivity index (χ4v) is 3.25. The number of hydrazone groups is 1. The Morgan fingerprint density at radius 1 is 0.914 bits per heavy atom. The van der Waals surface area contributed by atoms with E-state index in [4.69, 9.17) is 14.2 Å². The third-order valence-corrected chi connectivity index (χ3v) is 5.11. The van der Waals surface area contributed by atoms with Crippen molar-refractivity contribution in [2.75, 3.05) is 20.8 Å². The molecule has 3 rings (SSSR count). The first-order valence-corrected chi connectivity index (χ1v) is 11.1. The quantitative estimate of drug-likeness (QED) is 0.186. The second kappa shape index (κ2) is 12.3. The largest absolute Gasteiger partial charge is 0.497 e. The Hall–Kier alpha value is -4.18. The van der Waals surface area contributed by atoms with E-state index in [0.717, 1.165) is 4.47 Å². The molecule has 0 aliphatic rings. The van der Waals surface area contributed by atoms with Gasteiger partial charge in [-0.25, -0.2) is 10.2 Å². The summed E-state index contributed by atoms with van der Waals surface area (Å²) in [4.78, 5) is 36.5. The highest BCUT2D eigenvalue weighted by molar-refractivity contribution is 9.10. The van der Waals surface area contributed by atoms with Crippen LogP contribution in [0.5, 0.6) is 17.2 Å². The number of benzene rings is 3. The minimum atomic E-state index is -0.532. The molecule has 0 saturated heterocycles. The Labute approximate surface area is 210 Å². The first-order chi connectivity index (χ1) is 16.9. The summed E-state index contributed by atoms with van der Waals surface area (Å²) in [6.45, 7) is -0.254. The summed E-state index contributed by atoms with van der Waals surface area (Å²) in [6, 6.07) is 18.1. The van der Waals surface area contributed by atoms with Gasteiger partial charge in [-0.2, -0.15) is 5.10 Å². The van der Waals surface area contributed by atoms with Gasteiger partial charge >= 0.3 is 5.97 Å². The molecule has 10 heteroatoms. The van der Waals surface area contributed by atoms with Gasteiger partial charge in [0.1, 0.15) is 5.75 Å². The van der Waals surface area contributed by atoms with Crippen molar-refractivity contribution in [3.63, 3.8) is 0 Å². The molecule has 0 aliphatic heterocycles. The van der Waals surface area contributed by atoms with Gasteiger partial charge in [0.25, 0.3) is 11.8 Å². The summed E-state index contributed by atoms with van der Waals surface area (Å²) >= 11 is 3.32. The van der Waals surface area contributed by atoms with E-state index in [1.54, 1.807) is 66.7 Å². The van der Waals surface area contributed by atoms with Gasteiger partial charge in [-0.3, -0.25) is 9.59 Å². The van der Waals surface area contributed by atoms with Crippen LogP contribution in [-0.2, 0) is 4.79 Å². The Morgan fingerprint density at radius 3 is 2.37 bits per heavy atom. The number of methoxy groups -OCH3 is 2. The Morgan fingerprint density at radius 2 is 1.69 bits per heavy atom. The van der Waals surface area contributed by atoms with Gasteiger partial charge in [0.2, 0.25) is 0 Å². The predicted molar refractivity (Wildman–Crippen MR) is 133 cm³/mol. The topological polar surface area (TPSA) is 115 Å². The molecule has 0 aromatic heterocycles. The Bertz CT molecular complexity index is 1240. The van der Waals surface area contributed by atoms with Crippen LogP contribution in [0.1, 0.15) is 26.3 Å². The third-order valence-electron chi connectivity index (χ3n) is 4.62. The first-order valence-electron chi connectivity index (χ1n) is 10.3. The van der Waals surface area contributed by atoms with Gasteiger partial charge in [-0.05, 0) is 66.2 Å². The van der Waals surface area contributed by atoms with Gasteiger partial charge in [0.15, 0.2) is 11.5 Å². The summed E-state index contributed by atoms with van der Waals surface area (Å²) in [6.07, 6.45) is 1.39. The second-order valence-electron chi connectivity index (χ2n) is 7.01. The summed E-state index contributed by atoms with van der Waals surface area (Å²) in [5.74, 6) is -0.259. The van der Waals surface area contributed by atoms with E-state index in [1.165, 1.54) is 20.4 Å². The molecule has 0 bridgehead atoms. The number of hydrogen-bond acceptors (Lipinski definition) is 7. The van der Waals surface area contributed by atoms with Gasteiger partial charge in [-0.1, -0.05) is 22.0 Å². The van der Waals surface area contributed by atoms with Crippen LogP contribution in [0.25, 0.3) is 0 Å². The van der Waals surface area contributed by atoms with E-state index in [-0.39, 0.29) is 12.3 Å². The lowest BCUT2D eigenvalue weighted by Gasteiger charge is -2.10. The maximum Gasteiger partial charge on any atom is 0.343 e. The molecule has 3 aromatic carbocycles. The normalized spacial score (nSPS) is 10.5. The number of ether oxygens (including phenoxy) is 3. The first kappa shape index (κ1) is 25.4. The van der Waals surface area contributed by atoms with Crippen molar-refractivity contribution in [3.05, 3.63) is 87.9 Å². The molecule has 2 N–H and O–H groups in total. The van der Waals surface area contributed by atoms with Crippen molar-refractivity contribution in [1.29, 1.82) is 0 Å². The molecule has 0 aliphatic carbocycles. The van der Waals surface area contributed by atoms with Crippen LogP contribution < -0.4 is 25.0 Å². The zero-order valence-corrected chi connectivity index (χ0v) is 20.5. The lowest BCUT2D eigenvalue weighted by molar-refractivity contribution is -0.120. The summed E-state index contributed by atoms with van der Waals surface area (Å²) in [5.41, 5.74) is 3.70. The molecule has 0 unspecified atom stereocenters. The molecule has 180 valence electrons. The maximum absolute atomic E-state index is 12.4. The van der Waals surface area contributed by atoms with Crippen molar-refractivity contribution < 1.29 is 28.6 Å². The highest BCUT2D eigenvalue weighted by Crippen LogP contribution is 2.28. The third kappa shape index (κ3) is 7.41. The number of nitrogens with zero attached hydrogens (tertiary/aromatic N) is 1. The van der Waals surface area contributed by atoms with Crippen molar-refractivity contribution in [3.8, 4) is 17.2 Å². The molecule has 0 atom stereocenters. The van der Waals surface area contributed by atoms with Gasteiger partial charge in [0.05, 0.1) is 32.5 Å². The van der Waals surface area contributed by atoms with E-state index in [1.807, 2.05) is 0 Å². The molecule has 35 heavy (non-hydrogen) atoms. The van der Waals surface area contributed by atoms with Crippen LogP contribution >= 0.6 is 15.9 Å². The molecule has 9 nitrogen and oxygen atoms in total. The summed E-state index contributed by atoms with van der Waals surface area (Å²) in [7, 11) is 2.98. The molecule has 0 radical (unpaired) electrons. The minimum absolute atomic E-state index is 0.236. The van der Waals surface area contributed by atoms with Gasteiger partial charge in [0, 0.05) is 10.0 Å². The monoisotopic (exact) mass is 539 g/mol. The van der Waals surface area contributed by atoms with E-state index in [9.17, 15) is 14.4 Å². The fraction of sp³-hybridized carbons (Fsp3) is 0.120. The summed E-state index contributed by atoms with van der Waals surface area (Å²) < 4.78 is 16.5. The molecule has 3 aromatic rings. The number of halogens is 1. The molecule has 0 saturated carbocycles. The van der Waals surface area contributed by atoms with Crippen LogP contribution in [0.4, 0.5) is 0 Å². The smallest absolute Gasteiger partial charge is 0.343 e. The zero-order chi connectivity index (χ0) is 25.2. The average molecular weight is 540 g/mol. The Kier molecular flexibility index (Phi) is 8.96. The van der Waals surface area contributed by atoms with Crippen LogP contribution in [0.2, 0.25) is 0 Å². The zero-order valence-electron chi connectivity index (χ0n) is 18.9. The number of rotatable bonds is 9. The number of carbonyl (C=O) groups excluding carboxylic acids is 3. The van der Waals surface area contributed by atoms with Crippen molar-refractivity contribution in [2.24, 2.45) is 5.10 Å². The number of amides is 2. The number of esters is 1. The van der Waals surface area contributed by atoms with Crippen LogP contribution in [0.15, 0.2) is 76.3 Å². The van der Waals surface area contributed by atoms with Gasteiger partial charge < -0.3 is 19.5 Å². The predicted octanol–water partition coefficient (Wildman–Crippen LogP) is 3.57. The van der Waals surface area contributed by atoms with Crippen LogP contribution in [0.3, 0.4) is 0 Å². The summed E-state index contributed by atoms with van der Waals surface area (Å²) in [5, 5.41) is 6.39. The number of nitrogens with one attached hydrogen (secondary N) is 2. The van der Waals surface area contributed by atoms with Crippen molar-refractivity contribution >= 4 is 39.9 Å². The molecular weight excluding hydrogens is 518 g/mol. The minimum Gasteiger partial charge on any atom is -0.497 e. The second-order valence-corrected chi connectivity index (χ2v) is 7.93. The van der Waals surface area contributed by atoms with Crippen LogP contribution in [0, 0.1) is 0 Å². The Balaban J connectivity index is 1.53. The van der Waals surface area contributed by atoms with E-state index in [2.05, 4.69) is 31.8 Å². The van der Waals surface area contributed by atoms with E-state index < -0.39 is 17.8 Å². The van der Waals surface area contributed by atoms with E-state index in [0.29, 0.717) is 28.2 Å². The van der Waals surface area contributed by atoms with Crippen molar-refractivity contribution in [1.82, 2.24) is 10.7 Å². The molecule has 2 amide bonds. The molecule has 0 spiro atoms. The number of carbonyl (C=O) groups is 3. The van der Waals surface area contributed by atoms with Crippen LogP contribution in [-0.4, -0.2) is 44.8 Å². The molecular formula is C25H22BrN3O6. The van der Waals surface area contributed by atoms with E-state index >= 15 is 0 Å². The van der Waals surface area contributed by atoms with Gasteiger partial charge in [-0.15, -0.1) is 0 Å². The lowest BCUT2D eigenvalue weighted by atomic mass is 10.2. The standard InChI is InChI=1S/C25H22BrN3O6/c1-33-20-9-7-17(8-10-20)24(31)27-15-23(30)29-28-14-16-6-11-21(22(12-16)34-2)35-25(32)18-4-3-5-19(26)13-18/h3-14H,15H2,1-2H3,(H,27,31)(H,29,30)/b28-14-. The highest BCUT2D eigenvalue weighted by Gasteiger charge is 2.13. The van der Waals surface area contributed by atoms with Crippen molar-refractivity contribution in [2.45, 2.75) is 0 Å². The maximum atomic E-state index is 12.4.